The second-order valence-electron chi connectivity index (χ2n) is 2.86. The van der Waals surface area contributed by atoms with E-state index < -0.39 is 5.82 Å². The van der Waals surface area contributed by atoms with Crippen molar-refractivity contribution in [2.75, 3.05) is 6.61 Å². The zero-order valence-corrected chi connectivity index (χ0v) is 8.56. The summed E-state index contributed by atoms with van der Waals surface area (Å²) in [4.78, 5) is 0. The van der Waals surface area contributed by atoms with Gasteiger partial charge in [-0.15, -0.1) is 6.58 Å². The van der Waals surface area contributed by atoms with Crippen molar-refractivity contribution in [3.05, 3.63) is 41.7 Å². The highest BCUT2D eigenvalue weighted by molar-refractivity contribution is 6.30. The van der Waals surface area contributed by atoms with Crippen molar-refractivity contribution in [3.8, 4) is 5.75 Å². The highest BCUT2D eigenvalue weighted by Crippen LogP contribution is 2.20. The molecule has 0 bridgehead atoms. The summed E-state index contributed by atoms with van der Waals surface area (Å²) in [6.07, 6.45) is 3.61. The lowest BCUT2D eigenvalue weighted by atomic mass is 10.3. The molecule has 0 aliphatic heterocycles. The van der Waals surface area contributed by atoms with E-state index in [0.717, 1.165) is 12.8 Å². The molecule has 0 saturated carbocycles. The molecule has 0 atom stereocenters. The molecule has 1 rings (SSSR count). The van der Waals surface area contributed by atoms with Crippen molar-refractivity contribution in [2.24, 2.45) is 0 Å². The lowest BCUT2D eigenvalue weighted by Gasteiger charge is -2.05. The van der Waals surface area contributed by atoms with E-state index in [4.69, 9.17) is 16.3 Å². The quantitative estimate of drug-likeness (QED) is 0.535. The average Bonchev–Trinajstić information content (AvgIpc) is 2.18. The fourth-order valence-electron chi connectivity index (χ4n) is 0.984. The Bertz CT molecular complexity index is 312. The van der Waals surface area contributed by atoms with Crippen LogP contribution in [0.5, 0.6) is 5.75 Å². The van der Waals surface area contributed by atoms with Gasteiger partial charge in [0.05, 0.1) is 11.6 Å². The first-order chi connectivity index (χ1) is 6.74. The smallest absolute Gasteiger partial charge is 0.145 e. The fraction of sp³-hybridized carbons (Fsp3) is 0.273. The van der Waals surface area contributed by atoms with E-state index in [1.165, 1.54) is 12.1 Å². The molecule has 0 aromatic heterocycles. The molecule has 1 aromatic rings. The molecule has 0 aliphatic carbocycles. The molecule has 1 nitrogen and oxygen atoms in total. The van der Waals surface area contributed by atoms with Crippen LogP contribution in [-0.2, 0) is 0 Å². The third-order valence-electron chi connectivity index (χ3n) is 1.71. The Morgan fingerprint density at radius 2 is 2.29 bits per heavy atom. The SMILES string of the molecule is C=CCCCOc1ccc(Cl)c(F)c1. The van der Waals surface area contributed by atoms with Gasteiger partial charge in [0.25, 0.3) is 0 Å². The normalized spacial score (nSPS) is 9.86. The Balaban J connectivity index is 2.43. The van der Waals surface area contributed by atoms with Gasteiger partial charge >= 0.3 is 0 Å². The molecule has 1 aromatic carbocycles. The number of halogens is 2. The molecule has 76 valence electrons. The van der Waals surface area contributed by atoms with Gasteiger partial charge in [-0.25, -0.2) is 4.39 Å². The molecule has 0 radical (unpaired) electrons. The molecule has 0 fully saturated rings. The van der Waals surface area contributed by atoms with Crippen LogP contribution in [0.2, 0.25) is 5.02 Å². The minimum absolute atomic E-state index is 0.114. The van der Waals surface area contributed by atoms with Crippen LogP contribution in [-0.4, -0.2) is 6.61 Å². The van der Waals surface area contributed by atoms with Gasteiger partial charge in [-0.3, -0.25) is 0 Å². The average molecular weight is 215 g/mol. The van der Waals surface area contributed by atoms with Gasteiger partial charge in [0.1, 0.15) is 11.6 Å². The molecule has 0 amide bonds. The molecule has 0 N–H and O–H groups in total. The predicted molar refractivity (Wildman–Crippen MR) is 56.3 cm³/mol. The van der Waals surface area contributed by atoms with Gasteiger partial charge in [-0.1, -0.05) is 17.7 Å². The molecule has 0 heterocycles. The second-order valence-corrected chi connectivity index (χ2v) is 3.26. The first kappa shape index (κ1) is 11.1. The maximum absolute atomic E-state index is 12.9. The molecule has 0 aliphatic rings. The monoisotopic (exact) mass is 214 g/mol. The molecule has 0 unspecified atom stereocenters. The summed E-state index contributed by atoms with van der Waals surface area (Å²) in [5, 5.41) is 0.114. The molecule has 3 heteroatoms. The maximum Gasteiger partial charge on any atom is 0.145 e. The largest absolute Gasteiger partial charge is 0.493 e. The van der Waals surface area contributed by atoms with Crippen molar-refractivity contribution >= 4 is 11.6 Å². The van der Waals surface area contributed by atoms with Crippen LogP contribution in [0.4, 0.5) is 4.39 Å². The van der Waals surface area contributed by atoms with Crippen LogP contribution in [0.15, 0.2) is 30.9 Å². The minimum atomic E-state index is -0.451. The van der Waals surface area contributed by atoms with E-state index in [1.807, 2.05) is 6.08 Å². The number of allylic oxidation sites excluding steroid dienone is 1. The third kappa shape index (κ3) is 3.38. The van der Waals surface area contributed by atoms with Crippen LogP contribution >= 0.6 is 11.6 Å². The molecular weight excluding hydrogens is 203 g/mol. The van der Waals surface area contributed by atoms with Crippen LogP contribution in [0.25, 0.3) is 0 Å². The number of benzene rings is 1. The van der Waals surface area contributed by atoms with Gasteiger partial charge in [0, 0.05) is 6.07 Å². The Kier molecular flexibility index (Phi) is 4.47. The number of rotatable bonds is 5. The second kappa shape index (κ2) is 5.66. The van der Waals surface area contributed by atoms with Crippen molar-refractivity contribution < 1.29 is 9.13 Å². The third-order valence-corrected chi connectivity index (χ3v) is 2.02. The van der Waals surface area contributed by atoms with E-state index in [0.29, 0.717) is 12.4 Å². The van der Waals surface area contributed by atoms with E-state index >= 15 is 0 Å². The van der Waals surface area contributed by atoms with Crippen molar-refractivity contribution in [2.45, 2.75) is 12.8 Å². The highest BCUT2D eigenvalue weighted by Gasteiger charge is 2.00. The number of unbranched alkanes of at least 4 members (excludes halogenated alkanes) is 1. The van der Waals surface area contributed by atoms with E-state index in [2.05, 4.69) is 6.58 Å². The zero-order valence-electron chi connectivity index (χ0n) is 7.80. The minimum Gasteiger partial charge on any atom is -0.493 e. The van der Waals surface area contributed by atoms with E-state index in [-0.39, 0.29) is 5.02 Å². The Labute approximate surface area is 88.1 Å². The summed E-state index contributed by atoms with van der Waals surface area (Å²) in [6, 6.07) is 4.43. The summed E-state index contributed by atoms with van der Waals surface area (Å²) >= 11 is 5.52. The summed E-state index contributed by atoms with van der Waals surface area (Å²) in [5.74, 6) is 0.0591. The van der Waals surface area contributed by atoms with Crippen molar-refractivity contribution in [1.29, 1.82) is 0 Å². The Morgan fingerprint density at radius 1 is 1.50 bits per heavy atom. The molecule has 0 saturated heterocycles. The van der Waals surface area contributed by atoms with Crippen LogP contribution in [0, 0.1) is 5.82 Å². The first-order valence-corrected chi connectivity index (χ1v) is 4.80. The van der Waals surface area contributed by atoms with Gasteiger partial charge in [0.2, 0.25) is 0 Å². The predicted octanol–water partition coefficient (Wildman–Crippen LogP) is 3.82. The maximum atomic E-state index is 12.9. The standard InChI is InChI=1S/C11H12ClFO/c1-2-3-4-7-14-9-5-6-10(12)11(13)8-9/h2,5-6,8H,1,3-4,7H2. The molecule has 14 heavy (non-hydrogen) atoms. The van der Waals surface area contributed by atoms with Crippen molar-refractivity contribution in [1.82, 2.24) is 0 Å². The summed E-state index contributed by atoms with van der Waals surface area (Å²) in [6.45, 7) is 4.16. The van der Waals surface area contributed by atoms with Gasteiger partial charge < -0.3 is 4.74 Å². The highest BCUT2D eigenvalue weighted by atomic mass is 35.5. The zero-order chi connectivity index (χ0) is 10.4. The summed E-state index contributed by atoms with van der Waals surface area (Å²) in [5.41, 5.74) is 0. The van der Waals surface area contributed by atoms with Crippen LogP contribution in [0.3, 0.4) is 0 Å². The number of hydrogen-bond acceptors (Lipinski definition) is 1. The van der Waals surface area contributed by atoms with E-state index in [9.17, 15) is 4.39 Å². The van der Waals surface area contributed by atoms with Gasteiger partial charge in [-0.05, 0) is 25.0 Å². The molecule has 0 spiro atoms. The van der Waals surface area contributed by atoms with Crippen molar-refractivity contribution in [3.63, 3.8) is 0 Å². The van der Waals surface area contributed by atoms with Crippen LogP contribution < -0.4 is 4.74 Å². The lowest BCUT2D eigenvalue weighted by Crippen LogP contribution is -1.96. The number of hydrogen-bond donors (Lipinski definition) is 0. The molecular formula is C11H12ClFO. The van der Waals surface area contributed by atoms with Crippen LogP contribution in [0.1, 0.15) is 12.8 Å². The topological polar surface area (TPSA) is 9.23 Å². The Morgan fingerprint density at radius 3 is 2.93 bits per heavy atom. The van der Waals surface area contributed by atoms with E-state index in [1.54, 1.807) is 6.07 Å². The Hall–Kier alpha value is -1.02. The first-order valence-electron chi connectivity index (χ1n) is 4.43. The van der Waals surface area contributed by atoms with Gasteiger partial charge in [0.15, 0.2) is 0 Å². The summed E-state index contributed by atoms with van der Waals surface area (Å²) in [7, 11) is 0. The lowest BCUT2D eigenvalue weighted by molar-refractivity contribution is 0.310. The summed E-state index contributed by atoms with van der Waals surface area (Å²) < 4.78 is 18.2. The fourth-order valence-corrected chi connectivity index (χ4v) is 1.10. The van der Waals surface area contributed by atoms with Gasteiger partial charge in [-0.2, -0.15) is 0 Å². The number of ether oxygens (including phenoxy) is 1.